The smallest absolute Gasteiger partial charge is 0.310 e. The van der Waals surface area contributed by atoms with Crippen LogP contribution in [0.4, 0.5) is 20.3 Å². The van der Waals surface area contributed by atoms with Crippen molar-refractivity contribution in [2.75, 3.05) is 23.7 Å². The van der Waals surface area contributed by atoms with Crippen LogP contribution in [-0.2, 0) is 16.3 Å². The van der Waals surface area contributed by atoms with Crippen LogP contribution in [0.25, 0.3) is 11.1 Å². The molecule has 7 rings (SSSR count). The molecular weight excluding hydrogens is 740 g/mol. The van der Waals surface area contributed by atoms with Crippen LogP contribution in [0.15, 0.2) is 133 Å². The van der Waals surface area contributed by atoms with E-state index in [1.807, 2.05) is 60.7 Å². The van der Waals surface area contributed by atoms with E-state index in [-0.39, 0.29) is 58.0 Å². The number of pyridine rings is 2. The lowest BCUT2D eigenvalue weighted by Crippen LogP contribution is -2.33. The van der Waals surface area contributed by atoms with Gasteiger partial charge in [0.1, 0.15) is 22.2 Å². The fraction of sp³-hybridized carbons (Fsp3) is 0.163. The molecule has 0 unspecified atom stereocenters. The number of rotatable bonds is 12. The predicted octanol–water partition coefficient (Wildman–Crippen LogP) is 8.59. The number of piperidine rings is 1. The lowest BCUT2D eigenvalue weighted by molar-refractivity contribution is -0.153. The maximum atomic E-state index is 15.6. The molecule has 0 spiro atoms. The number of nitrogens with one attached hydrogen (secondary N) is 3. The number of ether oxygens (including phenoxy) is 2. The summed E-state index contributed by atoms with van der Waals surface area (Å²) in [6.45, 7) is 1.13. The van der Waals surface area contributed by atoms with Crippen molar-refractivity contribution in [3.8, 4) is 22.6 Å². The molecular formula is C43H36ClF2N5O5. The van der Waals surface area contributed by atoms with Gasteiger partial charge in [-0.1, -0.05) is 84.4 Å². The highest BCUT2D eigenvalue weighted by atomic mass is 35.5. The average Bonchev–Trinajstić information content (AvgIpc) is 3.22. The van der Waals surface area contributed by atoms with Gasteiger partial charge in [0.15, 0.2) is 24.0 Å². The van der Waals surface area contributed by atoms with Crippen LogP contribution in [0.5, 0.6) is 11.5 Å². The minimum atomic E-state index is -0.843. The van der Waals surface area contributed by atoms with Gasteiger partial charge in [0, 0.05) is 42.0 Å². The van der Waals surface area contributed by atoms with Crippen LogP contribution >= 0.6 is 11.6 Å². The largest absolute Gasteiger partial charge is 0.453 e. The first kappa shape index (κ1) is 37.9. The molecule has 6 aromatic rings. The number of carbonyl (C=O) groups is 2. The second-order valence-electron chi connectivity index (χ2n) is 13.1. The SMILES string of the molecule is O=C(Nc1ccc(Oc2ccnc(NC(c3ccccc3)c3ccccc3)c2Cl)c(F)c1)c1cn(COC(=O)C2CCNCC2)cc(-c2ccc(F)cc2)c1=O. The Morgan fingerprint density at radius 1 is 0.875 bits per heavy atom. The number of nitrogens with zero attached hydrogens (tertiary/aromatic N) is 2. The maximum absolute atomic E-state index is 15.6. The normalized spacial score (nSPS) is 12.9. The maximum Gasteiger partial charge on any atom is 0.310 e. The van der Waals surface area contributed by atoms with Crippen molar-refractivity contribution in [1.29, 1.82) is 0 Å². The minimum Gasteiger partial charge on any atom is -0.453 e. The summed E-state index contributed by atoms with van der Waals surface area (Å²) in [5.41, 5.74) is 1.44. The minimum absolute atomic E-state index is 0.0343. The zero-order valence-electron chi connectivity index (χ0n) is 29.9. The van der Waals surface area contributed by atoms with Gasteiger partial charge >= 0.3 is 5.97 Å². The van der Waals surface area contributed by atoms with Gasteiger partial charge in [0.05, 0.1) is 12.0 Å². The Morgan fingerprint density at radius 3 is 2.21 bits per heavy atom. The van der Waals surface area contributed by atoms with E-state index in [0.717, 1.165) is 17.2 Å². The third-order valence-corrected chi connectivity index (χ3v) is 9.68. The molecule has 3 N–H and O–H groups in total. The number of halogens is 3. The number of anilines is 2. The molecule has 2 aromatic heterocycles. The fourth-order valence-electron chi connectivity index (χ4n) is 6.39. The summed E-state index contributed by atoms with van der Waals surface area (Å²) >= 11 is 6.76. The molecule has 4 aromatic carbocycles. The van der Waals surface area contributed by atoms with E-state index in [1.54, 1.807) is 0 Å². The molecule has 0 atom stereocenters. The lowest BCUT2D eigenvalue weighted by atomic mass is 9.99. The molecule has 3 heterocycles. The number of benzene rings is 4. The summed E-state index contributed by atoms with van der Waals surface area (Å²) in [5.74, 6) is -2.54. The topological polar surface area (TPSA) is 124 Å². The van der Waals surface area contributed by atoms with E-state index >= 15 is 4.39 Å². The Labute approximate surface area is 326 Å². The molecule has 1 fully saturated rings. The molecule has 1 saturated heterocycles. The monoisotopic (exact) mass is 775 g/mol. The van der Waals surface area contributed by atoms with Gasteiger partial charge in [0.2, 0.25) is 5.43 Å². The van der Waals surface area contributed by atoms with Gasteiger partial charge in [-0.15, -0.1) is 0 Å². The van der Waals surface area contributed by atoms with E-state index < -0.39 is 23.0 Å². The van der Waals surface area contributed by atoms with Gasteiger partial charge in [-0.25, -0.2) is 13.8 Å². The number of carbonyl (C=O) groups excluding carboxylic acids is 2. The molecule has 284 valence electrons. The first-order valence-electron chi connectivity index (χ1n) is 17.9. The summed E-state index contributed by atoms with van der Waals surface area (Å²) in [6.07, 6.45) is 5.45. The quantitative estimate of drug-likeness (QED) is 0.106. The number of hydrogen-bond acceptors (Lipinski definition) is 8. The zero-order chi connectivity index (χ0) is 39.0. The molecule has 13 heteroatoms. The van der Waals surface area contributed by atoms with Crippen LogP contribution in [-0.4, -0.2) is 34.5 Å². The second-order valence-corrected chi connectivity index (χ2v) is 13.5. The Hall–Kier alpha value is -6.37. The van der Waals surface area contributed by atoms with Crippen LogP contribution in [0.1, 0.15) is 40.4 Å². The molecule has 1 amide bonds. The Bertz CT molecular complexity index is 2350. The summed E-state index contributed by atoms with van der Waals surface area (Å²) < 4.78 is 42.1. The highest BCUT2D eigenvalue weighted by Crippen LogP contribution is 2.37. The zero-order valence-corrected chi connectivity index (χ0v) is 30.6. The van der Waals surface area contributed by atoms with Crippen molar-refractivity contribution in [3.05, 3.63) is 171 Å². The average molecular weight is 776 g/mol. The fourth-order valence-corrected chi connectivity index (χ4v) is 6.59. The molecule has 1 aliphatic rings. The lowest BCUT2D eigenvalue weighted by Gasteiger charge is -2.22. The molecule has 0 radical (unpaired) electrons. The molecule has 56 heavy (non-hydrogen) atoms. The number of aromatic nitrogens is 2. The van der Waals surface area contributed by atoms with Gasteiger partial charge in [0.25, 0.3) is 5.91 Å². The van der Waals surface area contributed by atoms with Gasteiger partial charge < -0.3 is 30.0 Å². The van der Waals surface area contributed by atoms with Gasteiger partial charge in [-0.05, 0) is 66.9 Å². The van der Waals surface area contributed by atoms with Crippen LogP contribution in [0.3, 0.4) is 0 Å². The van der Waals surface area contributed by atoms with Crippen molar-refractivity contribution in [2.24, 2.45) is 5.92 Å². The molecule has 1 aliphatic heterocycles. The first-order chi connectivity index (χ1) is 27.2. The Morgan fingerprint density at radius 2 is 1.55 bits per heavy atom. The first-order valence-corrected chi connectivity index (χ1v) is 18.3. The summed E-state index contributed by atoms with van der Waals surface area (Å²) in [7, 11) is 0. The van der Waals surface area contributed by atoms with Crippen molar-refractivity contribution in [3.63, 3.8) is 0 Å². The number of amides is 1. The summed E-state index contributed by atoms with van der Waals surface area (Å²) in [4.78, 5) is 44.4. The van der Waals surface area contributed by atoms with E-state index in [2.05, 4.69) is 20.9 Å². The van der Waals surface area contributed by atoms with Crippen LogP contribution < -0.4 is 26.1 Å². The van der Waals surface area contributed by atoms with Crippen molar-refractivity contribution < 1.29 is 27.8 Å². The second kappa shape index (κ2) is 17.4. The molecule has 10 nitrogen and oxygen atoms in total. The van der Waals surface area contributed by atoms with E-state index in [9.17, 15) is 18.8 Å². The molecule has 0 aliphatic carbocycles. The van der Waals surface area contributed by atoms with Gasteiger partial charge in [-0.3, -0.25) is 14.4 Å². The van der Waals surface area contributed by atoms with E-state index in [1.165, 1.54) is 65.6 Å². The van der Waals surface area contributed by atoms with Crippen LogP contribution in [0, 0.1) is 17.6 Å². The highest BCUT2D eigenvalue weighted by Gasteiger charge is 2.24. The summed E-state index contributed by atoms with van der Waals surface area (Å²) in [6, 6.07) is 29.7. The third-order valence-electron chi connectivity index (χ3n) is 9.32. The Kier molecular flexibility index (Phi) is 11.8. The molecule has 0 bridgehead atoms. The van der Waals surface area contributed by atoms with Crippen LogP contribution in [0.2, 0.25) is 5.02 Å². The number of esters is 1. The van der Waals surface area contributed by atoms with Crippen molar-refractivity contribution >= 4 is 35.0 Å². The van der Waals surface area contributed by atoms with Gasteiger partial charge in [-0.2, -0.15) is 0 Å². The number of hydrogen-bond donors (Lipinski definition) is 3. The van der Waals surface area contributed by atoms with Crippen molar-refractivity contribution in [2.45, 2.75) is 25.6 Å². The summed E-state index contributed by atoms with van der Waals surface area (Å²) in [5, 5.41) is 9.27. The van der Waals surface area contributed by atoms with E-state index in [4.69, 9.17) is 21.1 Å². The van der Waals surface area contributed by atoms with E-state index in [0.29, 0.717) is 37.3 Å². The Balaban J connectivity index is 1.09. The third kappa shape index (κ3) is 8.94. The predicted molar refractivity (Wildman–Crippen MR) is 210 cm³/mol. The highest BCUT2D eigenvalue weighted by molar-refractivity contribution is 6.34. The standard InChI is InChI=1S/C43H36ClF2N5O5/c44-38-37(19-22-48-41(38)50-39(28-7-3-1-4-8-28)29-9-5-2-6-10-29)56-36-16-15-32(23-35(36)46)49-42(53)34-25-51(26-55-43(54)30-17-20-47-21-18-30)24-33(40(34)52)27-11-13-31(45)14-12-27/h1-16,19,22-25,30,39,47H,17-18,20-21,26H2,(H,48,50)(H,49,53). The van der Waals surface area contributed by atoms with Crippen molar-refractivity contribution in [1.82, 2.24) is 14.9 Å². The molecule has 0 saturated carbocycles.